The first-order valence-electron chi connectivity index (χ1n) is 18.9. The fourth-order valence-electron chi connectivity index (χ4n) is 6.25. The number of ether oxygens (including phenoxy) is 4. The minimum absolute atomic E-state index is 0.0153. The van der Waals surface area contributed by atoms with Crippen LogP contribution in [-0.4, -0.2) is 105 Å². The molecule has 0 saturated carbocycles. The number of fused-ring (bicyclic) bond motifs is 1. The molecular formula is C39H38N8O17S3. The summed E-state index contributed by atoms with van der Waals surface area (Å²) in [5.41, 5.74) is -1.95. The minimum Gasteiger partial charge on any atom is -0.505 e. The number of aromatic hydroxyl groups is 1. The summed E-state index contributed by atoms with van der Waals surface area (Å²) in [5, 5.41) is 57.3. The van der Waals surface area contributed by atoms with Crippen molar-refractivity contribution in [2.75, 3.05) is 40.6 Å². The Morgan fingerprint density at radius 3 is 1.70 bits per heavy atom. The Morgan fingerprint density at radius 1 is 0.597 bits per heavy atom. The Morgan fingerprint density at radius 2 is 1.15 bits per heavy atom. The molecule has 6 rings (SSSR count). The summed E-state index contributed by atoms with van der Waals surface area (Å²) < 4.78 is 125. The second kappa shape index (κ2) is 19.7. The molecule has 0 amide bonds. The molecule has 28 heteroatoms. The quantitative estimate of drug-likeness (QED) is 0.0362. The van der Waals surface area contributed by atoms with Crippen molar-refractivity contribution in [2.45, 2.75) is 28.5 Å². The molecule has 0 saturated heterocycles. The van der Waals surface area contributed by atoms with Gasteiger partial charge in [0.2, 0.25) is 0 Å². The van der Waals surface area contributed by atoms with Gasteiger partial charge < -0.3 is 34.3 Å². The summed E-state index contributed by atoms with van der Waals surface area (Å²) in [7, 11) is -12.1. The highest BCUT2D eigenvalue weighted by Gasteiger charge is 2.25. The molecule has 0 fully saturated rings. The molecule has 0 aliphatic carbocycles. The third-order valence-electron chi connectivity index (χ3n) is 9.33. The molecule has 0 spiro atoms. The van der Waals surface area contributed by atoms with E-state index in [0.717, 1.165) is 28.9 Å². The van der Waals surface area contributed by atoms with Crippen LogP contribution in [0.2, 0.25) is 0 Å². The predicted molar refractivity (Wildman–Crippen MR) is 235 cm³/mol. The van der Waals surface area contributed by atoms with Gasteiger partial charge in [0.15, 0.2) is 11.4 Å². The monoisotopic (exact) mass is 986 g/mol. The second-order valence-corrected chi connectivity index (χ2v) is 18.0. The molecule has 0 aliphatic heterocycles. The Bertz CT molecular complexity index is 3410. The molecule has 0 radical (unpaired) electrons. The summed E-state index contributed by atoms with van der Waals surface area (Å²) >= 11 is 0. The fraction of sp³-hybridized carbons (Fsp3) is 0.205. The molecule has 1 heterocycles. The van der Waals surface area contributed by atoms with E-state index in [4.69, 9.17) is 18.9 Å². The maximum atomic E-state index is 13.6. The zero-order valence-corrected chi connectivity index (χ0v) is 37.7. The first-order valence-corrected chi connectivity index (χ1v) is 23.2. The van der Waals surface area contributed by atoms with Crippen LogP contribution in [0.3, 0.4) is 0 Å². The number of H-pyrrole nitrogens is 1. The summed E-state index contributed by atoms with van der Waals surface area (Å²) in [4.78, 5) is 11.6. The number of methoxy groups -OCH3 is 2. The Hall–Kier alpha value is -7.18. The lowest BCUT2D eigenvalue weighted by Gasteiger charge is -2.13. The predicted octanol–water partition coefficient (Wildman–Crippen LogP) is 6.39. The number of hydrogen-bond donors (Lipinski definition) is 7. The van der Waals surface area contributed by atoms with Crippen molar-refractivity contribution in [1.82, 2.24) is 9.78 Å². The number of azo groups is 3. The number of phenolic OH excluding ortho intramolecular Hbond substituents is 1. The molecule has 67 heavy (non-hydrogen) atoms. The van der Waals surface area contributed by atoms with Crippen LogP contribution in [-0.2, 0) is 30.4 Å². The number of nitrogens with zero attached hydrogens (tertiary/aromatic N) is 7. The molecular weight excluding hydrogens is 949 g/mol. The number of aromatic nitrogens is 2. The highest BCUT2D eigenvalue weighted by atomic mass is 32.2. The van der Waals surface area contributed by atoms with Crippen molar-refractivity contribution in [2.24, 2.45) is 30.7 Å². The average molecular weight is 987 g/mol. The third kappa shape index (κ3) is 10.9. The lowest BCUT2D eigenvalue weighted by Crippen LogP contribution is -2.14. The highest BCUT2D eigenvalue weighted by molar-refractivity contribution is 7.86. The van der Waals surface area contributed by atoms with E-state index >= 15 is 0 Å². The van der Waals surface area contributed by atoms with E-state index in [0.29, 0.717) is 0 Å². The number of phenols is 1. The van der Waals surface area contributed by atoms with Crippen LogP contribution in [0, 0.1) is 13.8 Å². The number of nitrogens with one attached hydrogen (secondary N) is 1. The standard InChI is InChI=1S/C39H38N8O17S3/c1-20-13-27(30(62-4)19-33(20)65(52,53)54)42-44-36-21(2)46-47(39(36)51)23-5-7-25-22(14-23)15-35(67(58,59)60)37(38(25)50)45-43-29-18-31(63-11-9-48)28(17-32(29)64-12-10-49)41-40-26-8-6-24(61-3)16-34(26)66(55,56)57/h5-8,13-19,46,48-50H,9-12H2,1-4H3,(H,52,53,54)(H,55,56,57)(H,58,59,60). The highest BCUT2D eigenvalue weighted by Crippen LogP contribution is 2.45. The number of aryl methyl sites for hydroxylation is 2. The first-order chi connectivity index (χ1) is 31.6. The topological polar surface area (TPSA) is 373 Å². The van der Waals surface area contributed by atoms with Crippen LogP contribution in [0.25, 0.3) is 16.5 Å². The molecule has 0 unspecified atom stereocenters. The Labute approximate surface area is 379 Å². The normalized spacial score (nSPS) is 12.5. The van der Waals surface area contributed by atoms with Gasteiger partial charge in [-0.3, -0.25) is 23.6 Å². The maximum Gasteiger partial charge on any atom is 0.299 e. The van der Waals surface area contributed by atoms with Crippen molar-refractivity contribution in [3.63, 3.8) is 0 Å². The van der Waals surface area contributed by atoms with Crippen LogP contribution >= 0.6 is 0 Å². The van der Waals surface area contributed by atoms with E-state index in [1.807, 2.05) is 0 Å². The second-order valence-electron chi connectivity index (χ2n) is 13.8. The Balaban J connectivity index is 1.41. The minimum atomic E-state index is -5.18. The average Bonchev–Trinajstić information content (AvgIpc) is 3.56. The lowest BCUT2D eigenvalue weighted by atomic mass is 10.1. The van der Waals surface area contributed by atoms with Gasteiger partial charge in [-0.25, -0.2) is 4.68 Å². The summed E-state index contributed by atoms with van der Waals surface area (Å²) in [6.07, 6.45) is 0. The lowest BCUT2D eigenvalue weighted by molar-refractivity contribution is 0.198. The largest absolute Gasteiger partial charge is 0.505 e. The van der Waals surface area contributed by atoms with Crippen LogP contribution < -0.4 is 24.5 Å². The van der Waals surface area contributed by atoms with E-state index in [1.54, 1.807) is 0 Å². The van der Waals surface area contributed by atoms with Crippen molar-refractivity contribution < 1.29 is 73.2 Å². The van der Waals surface area contributed by atoms with Gasteiger partial charge >= 0.3 is 0 Å². The summed E-state index contributed by atoms with van der Waals surface area (Å²) in [6, 6.07) is 13.1. The number of aliphatic hydroxyl groups is 2. The zero-order chi connectivity index (χ0) is 49.0. The molecule has 1 aromatic heterocycles. The van der Waals surface area contributed by atoms with E-state index in [1.165, 1.54) is 70.5 Å². The van der Waals surface area contributed by atoms with Gasteiger partial charge in [-0.2, -0.15) is 25.3 Å². The van der Waals surface area contributed by atoms with Crippen LogP contribution in [0.5, 0.6) is 28.7 Å². The molecule has 0 atom stereocenters. The third-order valence-corrected chi connectivity index (χ3v) is 12.1. The molecule has 0 bridgehead atoms. The number of aliphatic hydroxyl groups excluding tert-OH is 2. The maximum absolute atomic E-state index is 13.6. The number of benzene rings is 5. The van der Waals surface area contributed by atoms with Crippen molar-refractivity contribution in [3.8, 4) is 34.4 Å². The van der Waals surface area contributed by atoms with Crippen molar-refractivity contribution in [1.29, 1.82) is 0 Å². The Kier molecular flexibility index (Phi) is 14.5. The van der Waals surface area contributed by atoms with Crippen LogP contribution in [0.15, 0.2) is 117 Å². The van der Waals surface area contributed by atoms with E-state index in [-0.39, 0.29) is 92.4 Å². The summed E-state index contributed by atoms with van der Waals surface area (Å²) in [5.74, 6) is -1.14. The van der Waals surface area contributed by atoms with E-state index in [2.05, 4.69) is 35.8 Å². The summed E-state index contributed by atoms with van der Waals surface area (Å²) in [6.45, 7) is 1.24. The van der Waals surface area contributed by atoms with E-state index in [9.17, 15) is 59.0 Å². The molecule has 6 aromatic rings. The van der Waals surface area contributed by atoms with Crippen molar-refractivity contribution >= 4 is 75.3 Å². The van der Waals surface area contributed by atoms with E-state index < -0.39 is 75.3 Å². The van der Waals surface area contributed by atoms with Gasteiger partial charge in [0.1, 0.15) is 79.3 Å². The zero-order valence-electron chi connectivity index (χ0n) is 35.2. The molecule has 0 aliphatic rings. The number of hydrogen-bond acceptors (Lipinski definition) is 20. The first kappa shape index (κ1) is 49.3. The molecule has 7 N–H and O–H groups in total. The fourth-order valence-corrected chi connectivity index (χ4v) is 8.26. The van der Waals surface area contributed by atoms with Gasteiger partial charge in [0.25, 0.3) is 35.9 Å². The smallest absolute Gasteiger partial charge is 0.299 e. The van der Waals surface area contributed by atoms with Gasteiger partial charge in [-0.05, 0) is 67.3 Å². The van der Waals surface area contributed by atoms with Gasteiger partial charge in [0.05, 0.1) is 38.8 Å². The van der Waals surface area contributed by atoms with Crippen molar-refractivity contribution in [3.05, 3.63) is 88.3 Å². The van der Waals surface area contributed by atoms with Gasteiger partial charge in [-0.15, -0.1) is 30.7 Å². The number of rotatable bonds is 18. The van der Waals surface area contributed by atoms with Gasteiger partial charge in [-0.1, -0.05) is 0 Å². The van der Waals surface area contributed by atoms with Gasteiger partial charge in [0, 0.05) is 29.7 Å². The van der Waals surface area contributed by atoms with Crippen LogP contribution in [0.4, 0.5) is 34.1 Å². The molecule has 25 nitrogen and oxygen atoms in total. The SMILES string of the molecule is COc1ccc(N=Nc2cc(OCCO)c(N=Nc3c(S(=O)(=O)O)cc4cc(-n5[nH]c(C)c(N=Nc6cc(C)c(S(=O)(=O)O)cc6OC)c5=O)ccc4c3O)cc2OCCO)c(S(=O)(=O)O)c1. The molecule has 354 valence electrons. The number of aromatic amines is 1. The molecule has 5 aromatic carbocycles. The van der Waals surface area contributed by atoms with Crippen LogP contribution in [0.1, 0.15) is 11.3 Å².